The largest absolute Gasteiger partial charge is 0.356 e. The summed E-state index contributed by atoms with van der Waals surface area (Å²) in [4.78, 5) is 8.55. The Morgan fingerprint density at radius 1 is 1.41 bits per heavy atom. The van der Waals surface area contributed by atoms with E-state index in [0.717, 1.165) is 17.5 Å². The predicted octanol–water partition coefficient (Wildman–Crippen LogP) is 2.98. The molecule has 0 saturated heterocycles. The summed E-state index contributed by atoms with van der Waals surface area (Å²) < 4.78 is 4.30. The van der Waals surface area contributed by atoms with Crippen molar-refractivity contribution in [2.24, 2.45) is 0 Å². The van der Waals surface area contributed by atoms with Crippen molar-refractivity contribution in [3.63, 3.8) is 0 Å². The Kier molecular flexibility index (Phi) is 3.68. The quantitative estimate of drug-likeness (QED) is 0.903. The van der Waals surface area contributed by atoms with E-state index in [1.165, 1.54) is 22.7 Å². The van der Waals surface area contributed by atoms with Crippen LogP contribution in [0.4, 0.5) is 5.13 Å². The van der Waals surface area contributed by atoms with E-state index in [9.17, 15) is 0 Å². The van der Waals surface area contributed by atoms with Crippen LogP contribution in [0.2, 0.25) is 0 Å². The molecule has 2 heterocycles. The fourth-order valence-electron chi connectivity index (χ4n) is 1.39. The summed E-state index contributed by atoms with van der Waals surface area (Å²) >= 11 is 1.41. The molecule has 2 rings (SSSR count). The van der Waals surface area contributed by atoms with Gasteiger partial charge in [0.05, 0.1) is 0 Å². The minimum Gasteiger partial charge on any atom is -0.356 e. The first-order chi connectivity index (χ1) is 8.16. The monoisotopic (exact) mass is 248 g/mol. The number of hydrogen-bond acceptors (Lipinski definition) is 5. The van der Waals surface area contributed by atoms with Gasteiger partial charge in [0.25, 0.3) is 0 Å². The van der Waals surface area contributed by atoms with Crippen LogP contribution in [0.5, 0.6) is 0 Å². The standard InChI is InChI=1S/C12H16N4S/c1-8(2)11-15-12(17-16-11)14-7-10-6-13-5-4-9(10)3/h4-6,8H,7H2,1-3H3,(H,14,15,16). The molecule has 4 nitrogen and oxygen atoms in total. The third kappa shape index (κ3) is 3.00. The van der Waals surface area contributed by atoms with E-state index < -0.39 is 0 Å². The Morgan fingerprint density at radius 2 is 2.24 bits per heavy atom. The molecular formula is C12H16N4S. The molecule has 1 N–H and O–H groups in total. The van der Waals surface area contributed by atoms with Crippen LogP contribution in [0.1, 0.15) is 36.7 Å². The summed E-state index contributed by atoms with van der Waals surface area (Å²) in [7, 11) is 0. The van der Waals surface area contributed by atoms with Crippen molar-refractivity contribution in [3.05, 3.63) is 35.4 Å². The second-order valence-corrected chi connectivity index (χ2v) is 5.02. The van der Waals surface area contributed by atoms with Crippen LogP contribution < -0.4 is 5.32 Å². The van der Waals surface area contributed by atoms with Crippen LogP contribution in [0.15, 0.2) is 18.5 Å². The molecule has 5 heteroatoms. The maximum absolute atomic E-state index is 4.43. The summed E-state index contributed by atoms with van der Waals surface area (Å²) in [5.74, 6) is 1.28. The van der Waals surface area contributed by atoms with Crippen LogP contribution in [0, 0.1) is 6.92 Å². The lowest BCUT2D eigenvalue weighted by atomic mass is 10.2. The maximum atomic E-state index is 4.43. The van der Waals surface area contributed by atoms with Gasteiger partial charge in [0.2, 0.25) is 5.13 Å². The van der Waals surface area contributed by atoms with E-state index in [4.69, 9.17) is 0 Å². The van der Waals surface area contributed by atoms with E-state index in [1.807, 2.05) is 12.3 Å². The highest BCUT2D eigenvalue weighted by Crippen LogP contribution is 2.18. The third-order valence-electron chi connectivity index (χ3n) is 2.54. The number of pyridine rings is 1. The molecule has 0 unspecified atom stereocenters. The van der Waals surface area contributed by atoms with Crippen molar-refractivity contribution in [1.29, 1.82) is 0 Å². The highest BCUT2D eigenvalue weighted by atomic mass is 32.1. The number of aromatic nitrogens is 3. The Hall–Kier alpha value is -1.49. The number of nitrogens with zero attached hydrogens (tertiary/aromatic N) is 3. The smallest absolute Gasteiger partial charge is 0.202 e. The minimum absolute atomic E-state index is 0.377. The molecule has 2 aromatic heterocycles. The van der Waals surface area contributed by atoms with Gasteiger partial charge in [-0.2, -0.15) is 4.37 Å². The second-order valence-electron chi connectivity index (χ2n) is 4.27. The molecule has 0 amide bonds. The fraction of sp³-hybridized carbons (Fsp3) is 0.417. The highest BCUT2D eigenvalue weighted by Gasteiger charge is 2.07. The molecule has 0 aliphatic rings. The topological polar surface area (TPSA) is 50.7 Å². The first-order valence-electron chi connectivity index (χ1n) is 5.64. The van der Waals surface area contributed by atoms with Gasteiger partial charge < -0.3 is 5.32 Å². The molecule has 0 atom stereocenters. The Bertz CT molecular complexity index is 493. The highest BCUT2D eigenvalue weighted by molar-refractivity contribution is 7.09. The summed E-state index contributed by atoms with van der Waals surface area (Å²) in [5, 5.41) is 4.15. The first kappa shape index (κ1) is 12.0. The summed E-state index contributed by atoms with van der Waals surface area (Å²) in [6.45, 7) is 7.01. The normalized spacial score (nSPS) is 10.8. The average molecular weight is 248 g/mol. The number of aryl methyl sites for hydroxylation is 1. The number of nitrogens with one attached hydrogen (secondary N) is 1. The van der Waals surface area contributed by atoms with Crippen LogP contribution >= 0.6 is 11.5 Å². The molecule has 0 aliphatic heterocycles. The molecule has 17 heavy (non-hydrogen) atoms. The fourth-order valence-corrected chi connectivity index (χ4v) is 2.10. The van der Waals surface area contributed by atoms with Crippen molar-refractivity contribution in [3.8, 4) is 0 Å². The molecule has 0 fully saturated rings. The van der Waals surface area contributed by atoms with Gasteiger partial charge in [0.1, 0.15) is 5.82 Å². The van der Waals surface area contributed by atoms with E-state index in [0.29, 0.717) is 5.92 Å². The number of anilines is 1. The second kappa shape index (κ2) is 5.23. The van der Waals surface area contributed by atoms with E-state index in [-0.39, 0.29) is 0 Å². The molecular weight excluding hydrogens is 232 g/mol. The van der Waals surface area contributed by atoms with Crippen molar-refractivity contribution >= 4 is 16.7 Å². The van der Waals surface area contributed by atoms with Crippen LogP contribution in [0.25, 0.3) is 0 Å². The first-order valence-corrected chi connectivity index (χ1v) is 6.41. The average Bonchev–Trinajstić information content (AvgIpc) is 2.77. The van der Waals surface area contributed by atoms with Crippen LogP contribution in [-0.4, -0.2) is 14.3 Å². The summed E-state index contributed by atoms with van der Waals surface area (Å²) in [6.07, 6.45) is 3.69. The third-order valence-corrected chi connectivity index (χ3v) is 3.22. The van der Waals surface area contributed by atoms with Crippen molar-refractivity contribution in [2.45, 2.75) is 33.2 Å². The Morgan fingerprint density at radius 3 is 2.88 bits per heavy atom. The molecule has 0 saturated carbocycles. The van der Waals surface area contributed by atoms with Crippen LogP contribution in [-0.2, 0) is 6.54 Å². The van der Waals surface area contributed by atoms with E-state index >= 15 is 0 Å². The lowest BCUT2D eigenvalue weighted by molar-refractivity contribution is 0.799. The zero-order chi connectivity index (χ0) is 12.3. The van der Waals surface area contributed by atoms with Gasteiger partial charge in [0, 0.05) is 36.4 Å². The Labute approximate surface area is 105 Å². The molecule has 0 aliphatic carbocycles. The molecule has 0 aromatic carbocycles. The lowest BCUT2D eigenvalue weighted by Crippen LogP contribution is -2.01. The van der Waals surface area contributed by atoms with Crippen molar-refractivity contribution in [1.82, 2.24) is 14.3 Å². The van der Waals surface area contributed by atoms with E-state index in [1.54, 1.807) is 6.20 Å². The van der Waals surface area contributed by atoms with Gasteiger partial charge in [-0.1, -0.05) is 13.8 Å². The van der Waals surface area contributed by atoms with Crippen molar-refractivity contribution < 1.29 is 0 Å². The van der Waals surface area contributed by atoms with Gasteiger partial charge in [0.15, 0.2) is 0 Å². The van der Waals surface area contributed by atoms with Crippen molar-refractivity contribution in [2.75, 3.05) is 5.32 Å². The van der Waals surface area contributed by atoms with Gasteiger partial charge in [-0.3, -0.25) is 4.98 Å². The number of rotatable bonds is 4. The van der Waals surface area contributed by atoms with Gasteiger partial charge in [-0.15, -0.1) is 0 Å². The zero-order valence-corrected chi connectivity index (χ0v) is 11.1. The SMILES string of the molecule is Cc1ccncc1CNc1nc(C(C)C)ns1. The summed E-state index contributed by atoms with van der Waals surface area (Å²) in [6, 6.07) is 2.01. The molecule has 90 valence electrons. The Balaban J connectivity index is 2.00. The molecule has 0 radical (unpaired) electrons. The zero-order valence-electron chi connectivity index (χ0n) is 10.3. The number of hydrogen-bond donors (Lipinski definition) is 1. The summed E-state index contributed by atoms with van der Waals surface area (Å²) in [5.41, 5.74) is 2.43. The molecule has 0 spiro atoms. The van der Waals surface area contributed by atoms with E-state index in [2.05, 4.69) is 40.4 Å². The van der Waals surface area contributed by atoms with Gasteiger partial charge >= 0.3 is 0 Å². The maximum Gasteiger partial charge on any atom is 0.202 e. The van der Waals surface area contributed by atoms with Gasteiger partial charge in [-0.25, -0.2) is 4.98 Å². The lowest BCUT2D eigenvalue weighted by Gasteiger charge is -2.04. The molecule has 2 aromatic rings. The molecule has 0 bridgehead atoms. The van der Waals surface area contributed by atoms with Gasteiger partial charge in [-0.05, 0) is 24.1 Å². The van der Waals surface area contributed by atoms with Crippen LogP contribution in [0.3, 0.4) is 0 Å². The minimum atomic E-state index is 0.377. The predicted molar refractivity (Wildman–Crippen MR) is 70.3 cm³/mol.